The van der Waals surface area contributed by atoms with Crippen molar-refractivity contribution in [2.75, 3.05) is 0 Å². The van der Waals surface area contributed by atoms with Crippen molar-refractivity contribution in [1.29, 1.82) is 0 Å². The van der Waals surface area contributed by atoms with Crippen LogP contribution in [0.2, 0.25) is 4.34 Å². The maximum Gasteiger partial charge on any atom is 0.263 e. The minimum absolute atomic E-state index is 0.142. The van der Waals surface area contributed by atoms with Crippen LogP contribution in [0.15, 0.2) is 36.4 Å². The number of aromatic nitrogens is 1. The minimum atomic E-state index is -0.331. The number of carbonyl (C=O) groups excluding carboxylic acids is 1. The van der Waals surface area contributed by atoms with Gasteiger partial charge >= 0.3 is 0 Å². The molecule has 0 aliphatic carbocycles. The number of thiazole rings is 1. The third kappa shape index (κ3) is 3.60. The smallest absolute Gasteiger partial charge is 0.263 e. The minimum Gasteiger partial charge on any atom is -0.347 e. The molecule has 3 aromatic rings. The molecule has 0 saturated carbocycles. The average molecular weight is 367 g/mol. The predicted octanol–water partition coefficient (Wildman–Crippen LogP) is 4.90. The summed E-state index contributed by atoms with van der Waals surface area (Å²) >= 11 is 8.66. The van der Waals surface area contributed by atoms with Crippen molar-refractivity contribution in [2.45, 2.75) is 13.5 Å². The first-order valence-electron chi connectivity index (χ1n) is 6.79. The van der Waals surface area contributed by atoms with E-state index in [1.54, 1.807) is 31.2 Å². The number of amides is 1. The molecule has 0 spiro atoms. The van der Waals surface area contributed by atoms with Gasteiger partial charge in [0.2, 0.25) is 0 Å². The van der Waals surface area contributed by atoms with Crippen LogP contribution in [0, 0.1) is 12.7 Å². The Bertz CT molecular complexity index is 859. The van der Waals surface area contributed by atoms with E-state index in [0.717, 1.165) is 9.88 Å². The van der Waals surface area contributed by atoms with Crippen molar-refractivity contribution < 1.29 is 9.18 Å². The molecule has 1 amide bonds. The summed E-state index contributed by atoms with van der Waals surface area (Å²) in [5.74, 6) is -0.583. The number of benzene rings is 1. The topological polar surface area (TPSA) is 42.0 Å². The van der Waals surface area contributed by atoms with Gasteiger partial charge in [-0.05, 0) is 25.1 Å². The highest BCUT2D eigenvalue weighted by atomic mass is 35.5. The summed E-state index contributed by atoms with van der Waals surface area (Å²) in [7, 11) is 0. The summed E-state index contributed by atoms with van der Waals surface area (Å²) in [6.07, 6.45) is 0. The lowest BCUT2D eigenvalue weighted by Gasteiger charge is -2.05. The van der Waals surface area contributed by atoms with Gasteiger partial charge in [0.25, 0.3) is 5.91 Å². The fraction of sp³-hybridized carbons (Fsp3) is 0.125. The van der Waals surface area contributed by atoms with E-state index in [9.17, 15) is 9.18 Å². The van der Waals surface area contributed by atoms with Crippen molar-refractivity contribution >= 4 is 40.2 Å². The molecular weight excluding hydrogens is 355 g/mol. The van der Waals surface area contributed by atoms with Gasteiger partial charge in [0.1, 0.15) is 15.7 Å². The quantitative estimate of drug-likeness (QED) is 0.713. The lowest BCUT2D eigenvalue weighted by Crippen LogP contribution is -2.23. The molecule has 23 heavy (non-hydrogen) atoms. The Balaban J connectivity index is 1.75. The maximum atomic E-state index is 13.6. The van der Waals surface area contributed by atoms with Gasteiger partial charge in [0, 0.05) is 12.1 Å². The second-order valence-electron chi connectivity index (χ2n) is 4.81. The molecule has 0 fully saturated rings. The molecule has 118 valence electrons. The number of rotatable bonds is 4. The zero-order valence-electron chi connectivity index (χ0n) is 12.1. The molecular formula is C16H12ClFN2OS2. The van der Waals surface area contributed by atoms with Crippen LogP contribution in [0.5, 0.6) is 0 Å². The molecule has 0 unspecified atom stereocenters. The first-order chi connectivity index (χ1) is 11.0. The molecule has 0 aliphatic rings. The summed E-state index contributed by atoms with van der Waals surface area (Å²) in [5, 5.41) is 3.50. The number of hydrogen-bond donors (Lipinski definition) is 1. The number of aryl methyl sites for hydroxylation is 1. The van der Waals surface area contributed by atoms with Crippen LogP contribution in [0.4, 0.5) is 4.39 Å². The van der Waals surface area contributed by atoms with Crippen LogP contribution in [0.3, 0.4) is 0 Å². The van der Waals surface area contributed by atoms with Gasteiger partial charge < -0.3 is 5.32 Å². The molecule has 2 aromatic heterocycles. The number of halogens is 2. The van der Waals surface area contributed by atoms with Crippen molar-refractivity contribution in [2.24, 2.45) is 0 Å². The van der Waals surface area contributed by atoms with Gasteiger partial charge in [-0.3, -0.25) is 4.79 Å². The molecule has 3 rings (SSSR count). The molecule has 1 N–H and O–H groups in total. The van der Waals surface area contributed by atoms with Crippen molar-refractivity contribution in [1.82, 2.24) is 10.3 Å². The van der Waals surface area contributed by atoms with E-state index in [2.05, 4.69) is 10.3 Å². The van der Waals surface area contributed by atoms with E-state index in [4.69, 9.17) is 11.6 Å². The SMILES string of the molecule is Cc1nc(-c2ccc(Cl)s2)sc1C(=O)NCc1ccccc1F. The monoisotopic (exact) mass is 366 g/mol. The van der Waals surface area contributed by atoms with Crippen molar-refractivity contribution in [3.05, 3.63) is 62.7 Å². The van der Waals surface area contributed by atoms with Crippen molar-refractivity contribution in [3.63, 3.8) is 0 Å². The molecule has 0 saturated heterocycles. The van der Waals surface area contributed by atoms with E-state index in [1.807, 2.05) is 6.07 Å². The molecule has 0 radical (unpaired) electrons. The third-order valence-corrected chi connectivity index (χ3v) is 5.74. The van der Waals surface area contributed by atoms with Crippen LogP contribution in [-0.2, 0) is 6.54 Å². The lowest BCUT2D eigenvalue weighted by molar-refractivity contribution is 0.0954. The Labute approximate surface area is 145 Å². The number of hydrogen-bond acceptors (Lipinski definition) is 4. The highest BCUT2D eigenvalue weighted by Crippen LogP contribution is 2.34. The van der Waals surface area contributed by atoms with Gasteiger partial charge in [-0.15, -0.1) is 22.7 Å². The van der Waals surface area contributed by atoms with Crippen LogP contribution < -0.4 is 5.32 Å². The second-order valence-corrected chi connectivity index (χ2v) is 7.53. The summed E-state index contributed by atoms with van der Waals surface area (Å²) < 4.78 is 14.3. The highest BCUT2D eigenvalue weighted by molar-refractivity contribution is 7.24. The van der Waals surface area contributed by atoms with E-state index < -0.39 is 0 Å². The largest absolute Gasteiger partial charge is 0.347 e. The molecule has 0 atom stereocenters. The Morgan fingerprint density at radius 1 is 1.26 bits per heavy atom. The fourth-order valence-electron chi connectivity index (χ4n) is 2.04. The number of nitrogens with one attached hydrogen (secondary N) is 1. The Morgan fingerprint density at radius 2 is 2.04 bits per heavy atom. The normalized spacial score (nSPS) is 10.7. The predicted molar refractivity (Wildman–Crippen MR) is 92.7 cm³/mol. The van der Waals surface area contributed by atoms with Crippen LogP contribution in [0.25, 0.3) is 9.88 Å². The summed E-state index contributed by atoms with van der Waals surface area (Å²) in [5.41, 5.74) is 1.11. The molecule has 0 aliphatic heterocycles. The van der Waals surface area contributed by atoms with Crippen molar-refractivity contribution in [3.8, 4) is 9.88 Å². The number of thiophene rings is 1. The molecule has 3 nitrogen and oxygen atoms in total. The molecule has 7 heteroatoms. The van der Waals surface area contributed by atoms with Crippen LogP contribution >= 0.6 is 34.3 Å². The van der Waals surface area contributed by atoms with Gasteiger partial charge in [0.05, 0.1) is 14.9 Å². The zero-order chi connectivity index (χ0) is 16.4. The third-order valence-electron chi connectivity index (χ3n) is 3.18. The van der Waals surface area contributed by atoms with Gasteiger partial charge in [-0.1, -0.05) is 29.8 Å². The molecule has 1 aromatic carbocycles. The number of nitrogens with zero attached hydrogens (tertiary/aromatic N) is 1. The first-order valence-corrected chi connectivity index (χ1v) is 8.80. The Morgan fingerprint density at radius 3 is 2.74 bits per heavy atom. The molecule has 2 heterocycles. The average Bonchev–Trinajstić information content (AvgIpc) is 3.12. The summed E-state index contributed by atoms with van der Waals surface area (Å²) in [4.78, 5) is 18.2. The van der Waals surface area contributed by atoms with Gasteiger partial charge in [0.15, 0.2) is 0 Å². The van der Waals surface area contributed by atoms with E-state index in [1.165, 1.54) is 28.7 Å². The van der Waals surface area contributed by atoms with Crippen LogP contribution in [-0.4, -0.2) is 10.9 Å². The summed E-state index contributed by atoms with van der Waals surface area (Å²) in [6.45, 7) is 1.93. The van der Waals surface area contributed by atoms with E-state index in [0.29, 0.717) is 20.5 Å². The second kappa shape index (κ2) is 6.78. The van der Waals surface area contributed by atoms with Gasteiger partial charge in [-0.25, -0.2) is 9.37 Å². The highest BCUT2D eigenvalue weighted by Gasteiger charge is 2.17. The molecule has 0 bridgehead atoms. The maximum absolute atomic E-state index is 13.6. The van der Waals surface area contributed by atoms with Gasteiger partial charge in [-0.2, -0.15) is 0 Å². The zero-order valence-corrected chi connectivity index (χ0v) is 14.5. The standard InChI is InChI=1S/C16H12ClFN2OS2/c1-9-14(23-16(20-9)12-6-7-13(17)22-12)15(21)19-8-10-4-2-3-5-11(10)18/h2-7H,8H2,1H3,(H,19,21). The number of carbonyl (C=O) groups is 1. The summed E-state index contributed by atoms with van der Waals surface area (Å²) in [6, 6.07) is 10.1. The first kappa shape index (κ1) is 16.1. The fourth-order valence-corrected chi connectivity index (χ4v) is 4.12. The van der Waals surface area contributed by atoms with E-state index in [-0.39, 0.29) is 18.3 Å². The Hall–Kier alpha value is -1.76. The van der Waals surface area contributed by atoms with Crippen LogP contribution in [0.1, 0.15) is 20.9 Å². The Kier molecular flexibility index (Phi) is 4.75. The lowest BCUT2D eigenvalue weighted by atomic mass is 10.2. The van der Waals surface area contributed by atoms with E-state index >= 15 is 0 Å².